The molecule has 1 aliphatic carbocycles. The summed E-state index contributed by atoms with van der Waals surface area (Å²) in [4.78, 5) is 24.0. The molecular formula is C23H20O5. The van der Waals surface area contributed by atoms with Crippen molar-refractivity contribution in [3.63, 3.8) is 0 Å². The van der Waals surface area contributed by atoms with Gasteiger partial charge in [0.2, 0.25) is 0 Å². The number of carbonyl (C=O) groups excluding carboxylic acids is 1. The van der Waals surface area contributed by atoms with Crippen LogP contribution in [-0.2, 0) is 29.0 Å². The molecule has 0 saturated carbocycles. The van der Waals surface area contributed by atoms with Crippen LogP contribution in [0.2, 0.25) is 0 Å². The highest BCUT2D eigenvalue weighted by atomic mass is 16.5. The summed E-state index contributed by atoms with van der Waals surface area (Å²) >= 11 is 0. The Kier molecular flexibility index (Phi) is 4.98. The van der Waals surface area contributed by atoms with Crippen LogP contribution in [0.5, 0.6) is 5.75 Å². The van der Waals surface area contributed by atoms with E-state index in [0.717, 1.165) is 36.0 Å². The van der Waals surface area contributed by atoms with Gasteiger partial charge in [0.25, 0.3) is 0 Å². The van der Waals surface area contributed by atoms with Gasteiger partial charge in [0.1, 0.15) is 17.9 Å². The lowest BCUT2D eigenvalue weighted by Crippen LogP contribution is -2.06. The molecule has 0 saturated heterocycles. The van der Waals surface area contributed by atoms with Crippen LogP contribution in [0.15, 0.2) is 57.8 Å². The number of benzene rings is 2. The number of fused-ring (bicyclic) bond motifs is 2. The second kappa shape index (κ2) is 7.72. The number of ether oxygens (including phenoxy) is 2. The molecule has 28 heavy (non-hydrogen) atoms. The van der Waals surface area contributed by atoms with Crippen molar-refractivity contribution in [3.05, 3.63) is 81.2 Å². The highest BCUT2D eigenvalue weighted by Gasteiger charge is 2.15. The largest absolute Gasteiger partial charge is 0.497 e. The van der Waals surface area contributed by atoms with Crippen LogP contribution in [0.3, 0.4) is 0 Å². The molecule has 5 heteroatoms. The summed E-state index contributed by atoms with van der Waals surface area (Å²) in [6, 6.07) is 12.7. The lowest BCUT2D eigenvalue weighted by atomic mass is 10.0. The molecule has 1 aromatic heterocycles. The third-order valence-corrected chi connectivity index (χ3v) is 4.94. The lowest BCUT2D eigenvalue weighted by molar-refractivity contribution is -0.138. The molecule has 4 rings (SSSR count). The maximum atomic E-state index is 12.1. The summed E-state index contributed by atoms with van der Waals surface area (Å²) in [5, 5.41) is 0.826. The van der Waals surface area contributed by atoms with Gasteiger partial charge in [-0.05, 0) is 66.3 Å². The number of methoxy groups -OCH3 is 1. The van der Waals surface area contributed by atoms with E-state index in [0.29, 0.717) is 11.1 Å². The van der Waals surface area contributed by atoms with Gasteiger partial charge in [-0.25, -0.2) is 9.59 Å². The molecule has 0 spiro atoms. The SMILES string of the molecule is COc1ccc(/C=C/C(=O)OCc2cc(=O)oc3cc4c(cc23)CCC4)cc1. The van der Waals surface area contributed by atoms with Gasteiger partial charge in [0, 0.05) is 23.1 Å². The Balaban J connectivity index is 1.49. The van der Waals surface area contributed by atoms with Crippen LogP contribution in [0.4, 0.5) is 0 Å². The molecule has 3 aromatic rings. The Morgan fingerprint density at radius 1 is 1.11 bits per heavy atom. The number of carbonyl (C=O) groups is 1. The second-order valence-corrected chi connectivity index (χ2v) is 6.78. The first kappa shape index (κ1) is 18.0. The van der Waals surface area contributed by atoms with Crippen molar-refractivity contribution in [2.75, 3.05) is 7.11 Å². The van der Waals surface area contributed by atoms with E-state index >= 15 is 0 Å². The van der Waals surface area contributed by atoms with Crippen molar-refractivity contribution in [3.8, 4) is 5.75 Å². The number of esters is 1. The predicted molar refractivity (Wildman–Crippen MR) is 106 cm³/mol. The van der Waals surface area contributed by atoms with Crippen LogP contribution in [0, 0.1) is 0 Å². The number of rotatable bonds is 5. The summed E-state index contributed by atoms with van der Waals surface area (Å²) in [7, 11) is 1.60. The van der Waals surface area contributed by atoms with Crippen molar-refractivity contribution in [1.82, 2.24) is 0 Å². The van der Waals surface area contributed by atoms with Crippen molar-refractivity contribution in [1.29, 1.82) is 0 Å². The Morgan fingerprint density at radius 3 is 2.61 bits per heavy atom. The molecule has 0 unspecified atom stereocenters. The van der Waals surface area contributed by atoms with Gasteiger partial charge in [0.15, 0.2) is 0 Å². The van der Waals surface area contributed by atoms with Crippen LogP contribution in [0.25, 0.3) is 17.0 Å². The molecule has 0 radical (unpaired) electrons. The number of hydrogen-bond acceptors (Lipinski definition) is 5. The molecule has 0 aliphatic heterocycles. The van der Waals surface area contributed by atoms with Crippen molar-refractivity contribution < 1.29 is 18.7 Å². The van der Waals surface area contributed by atoms with Crippen molar-refractivity contribution in [2.45, 2.75) is 25.9 Å². The molecular weight excluding hydrogens is 356 g/mol. The third-order valence-electron chi connectivity index (χ3n) is 4.94. The highest BCUT2D eigenvalue weighted by Crippen LogP contribution is 2.28. The van der Waals surface area contributed by atoms with Gasteiger partial charge >= 0.3 is 11.6 Å². The summed E-state index contributed by atoms with van der Waals surface area (Å²) in [6.45, 7) is 0.0205. The quantitative estimate of drug-likeness (QED) is 0.382. The Hall–Kier alpha value is -3.34. The molecule has 5 nitrogen and oxygen atoms in total. The molecule has 0 N–H and O–H groups in total. The molecule has 1 aliphatic rings. The van der Waals surface area contributed by atoms with Gasteiger partial charge in [-0.3, -0.25) is 0 Å². The average molecular weight is 376 g/mol. The van der Waals surface area contributed by atoms with Crippen LogP contribution >= 0.6 is 0 Å². The van der Waals surface area contributed by atoms with E-state index in [1.807, 2.05) is 30.3 Å². The first-order valence-corrected chi connectivity index (χ1v) is 9.20. The van der Waals surface area contributed by atoms with E-state index in [2.05, 4.69) is 6.07 Å². The molecule has 0 fully saturated rings. The van der Waals surface area contributed by atoms with E-state index in [1.165, 1.54) is 23.3 Å². The van der Waals surface area contributed by atoms with Crippen LogP contribution < -0.4 is 10.4 Å². The summed E-state index contributed by atoms with van der Waals surface area (Å²) in [5.74, 6) is 0.277. The monoisotopic (exact) mass is 376 g/mol. The van der Waals surface area contributed by atoms with Crippen LogP contribution in [-0.4, -0.2) is 13.1 Å². The van der Waals surface area contributed by atoms with E-state index < -0.39 is 11.6 Å². The van der Waals surface area contributed by atoms with E-state index in [1.54, 1.807) is 13.2 Å². The van der Waals surface area contributed by atoms with Crippen molar-refractivity contribution in [2.24, 2.45) is 0 Å². The van der Waals surface area contributed by atoms with Crippen molar-refractivity contribution >= 4 is 23.0 Å². The predicted octanol–water partition coefficient (Wildman–Crippen LogP) is 4.05. The minimum absolute atomic E-state index is 0.0205. The van der Waals surface area contributed by atoms with Gasteiger partial charge in [-0.1, -0.05) is 12.1 Å². The second-order valence-electron chi connectivity index (χ2n) is 6.78. The molecule has 0 bridgehead atoms. The molecule has 0 amide bonds. The first-order chi connectivity index (χ1) is 13.6. The lowest BCUT2D eigenvalue weighted by Gasteiger charge is -2.08. The average Bonchev–Trinajstić information content (AvgIpc) is 3.16. The van der Waals surface area contributed by atoms with Gasteiger partial charge in [0.05, 0.1) is 7.11 Å². The Labute approximate surface area is 162 Å². The third kappa shape index (κ3) is 3.83. The number of hydrogen-bond donors (Lipinski definition) is 0. The standard InChI is InChI=1S/C23H20O5/c1-26-19-8-5-15(6-9-19)7-10-22(24)27-14-18-13-23(25)28-21-12-17-4-2-3-16(17)11-20(18)21/h5-13H,2-4,14H2,1H3/b10-7+. The molecule has 2 aromatic carbocycles. The maximum Gasteiger partial charge on any atom is 0.336 e. The fourth-order valence-corrected chi connectivity index (χ4v) is 3.49. The summed E-state index contributed by atoms with van der Waals surface area (Å²) in [6.07, 6.45) is 6.17. The summed E-state index contributed by atoms with van der Waals surface area (Å²) in [5.41, 5.74) is 4.13. The highest BCUT2D eigenvalue weighted by molar-refractivity contribution is 5.87. The fraction of sp³-hybridized carbons (Fsp3) is 0.217. The zero-order chi connectivity index (χ0) is 19.5. The van der Waals surface area contributed by atoms with Gasteiger partial charge in [-0.15, -0.1) is 0 Å². The summed E-state index contributed by atoms with van der Waals surface area (Å²) < 4.78 is 15.8. The smallest absolute Gasteiger partial charge is 0.336 e. The fourth-order valence-electron chi connectivity index (χ4n) is 3.49. The zero-order valence-corrected chi connectivity index (χ0v) is 15.6. The zero-order valence-electron chi connectivity index (χ0n) is 15.6. The molecule has 0 atom stereocenters. The normalized spacial score (nSPS) is 13.0. The maximum absolute atomic E-state index is 12.1. The van der Waals surface area contributed by atoms with Gasteiger partial charge in [-0.2, -0.15) is 0 Å². The van der Waals surface area contributed by atoms with E-state index in [4.69, 9.17) is 13.9 Å². The minimum atomic E-state index is -0.474. The number of aryl methyl sites for hydroxylation is 2. The topological polar surface area (TPSA) is 65.7 Å². The van der Waals surface area contributed by atoms with E-state index in [9.17, 15) is 9.59 Å². The molecule has 1 heterocycles. The molecule has 142 valence electrons. The Bertz CT molecular complexity index is 1110. The van der Waals surface area contributed by atoms with E-state index in [-0.39, 0.29) is 6.61 Å². The Morgan fingerprint density at radius 2 is 1.86 bits per heavy atom. The first-order valence-electron chi connectivity index (χ1n) is 9.20. The van der Waals surface area contributed by atoms with Gasteiger partial charge < -0.3 is 13.9 Å². The minimum Gasteiger partial charge on any atom is -0.497 e. The van der Waals surface area contributed by atoms with Crippen LogP contribution in [0.1, 0.15) is 28.7 Å².